The first kappa shape index (κ1) is 20.0. The lowest BCUT2D eigenvalue weighted by molar-refractivity contribution is -0.143. The number of rotatable bonds is 8. The minimum atomic E-state index is -0.221. The van der Waals surface area contributed by atoms with E-state index in [-0.39, 0.29) is 5.97 Å². The molecule has 0 saturated heterocycles. The van der Waals surface area contributed by atoms with E-state index in [1.807, 2.05) is 4.90 Å². The van der Waals surface area contributed by atoms with Crippen molar-refractivity contribution in [2.45, 2.75) is 33.1 Å². The van der Waals surface area contributed by atoms with Gasteiger partial charge in [0, 0.05) is 18.1 Å². The van der Waals surface area contributed by atoms with E-state index >= 15 is 0 Å². The predicted molar refractivity (Wildman–Crippen MR) is 100 cm³/mol. The van der Waals surface area contributed by atoms with E-state index in [1.165, 1.54) is 0 Å². The zero-order chi connectivity index (χ0) is 17.2. The van der Waals surface area contributed by atoms with Gasteiger partial charge < -0.3 is 15.0 Å². The van der Waals surface area contributed by atoms with Gasteiger partial charge >= 0.3 is 5.97 Å². The van der Waals surface area contributed by atoms with E-state index in [9.17, 15) is 4.79 Å². The van der Waals surface area contributed by atoms with Gasteiger partial charge in [-0.2, -0.15) is 0 Å². The van der Waals surface area contributed by atoms with Crippen molar-refractivity contribution in [1.82, 2.24) is 4.90 Å². The summed E-state index contributed by atoms with van der Waals surface area (Å²) in [5, 5.41) is 4.72. The molecule has 1 rings (SSSR count). The van der Waals surface area contributed by atoms with Crippen LogP contribution in [-0.4, -0.2) is 35.7 Å². The molecule has 0 bridgehead atoms. The van der Waals surface area contributed by atoms with E-state index in [0.717, 1.165) is 19.4 Å². The fourth-order valence-electron chi connectivity index (χ4n) is 1.91. The minimum absolute atomic E-state index is 0.221. The first-order chi connectivity index (χ1) is 11.0. The average Bonchev–Trinajstić information content (AvgIpc) is 2.50. The highest BCUT2D eigenvalue weighted by molar-refractivity contribution is 7.80. The van der Waals surface area contributed by atoms with Crippen LogP contribution in [-0.2, 0) is 9.53 Å². The number of halogens is 2. The molecule has 0 atom stereocenters. The molecule has 1 aromatic carbocycles. The smallest absolute Gasteiger partial charge is 0.307 e. The van der Waals surface area contributed by atoms with Crippen molar-refractivity contribution in [2.75, 3.05) is 25.0 Å². The van der Waals surface area contributed by atoms with Gasteiger partial charge in [0.15, 0.2) is 5.11 Å². The van der Waals surface area contributed by atoms with Crippen molar-refractivity contribution < 1.29 is 9.53 Å². The van der Waals surface area contributed by atoms with E-state index < -0.39 is 0 Å². The number of hydrogen-bond donors (Lipinski definition) is 1. The van der Waals surface area contributed by atoms with E-state index in [0.29, 0.717) is 40.4 Å². The molecule has 0 amide bonds. The third-order valence-electron chi connectivity index (χ3n) is 3.13. The largest absolute Gasteiger partial charge is 0.466 e. The normalized spacial score (nSPS) is 10.3. The summed E-state index contributed by atoms with van der Waals surface area (Å²) in [6.07, 6.45) is 2.33. The molecule has 0 unspecified atom stereocenters. The van der Waals surface area contributed by atoms with Gasteiger partial charge in [0.1, 0.15) is 0 Å². The number of esters is 1. The van der Waals surface area contributed by atoms with Crippen LogP contribution in [0.2, 0.25) is 10.0 Å². The highest BCUT2D eigenvalue weighted by atomic mass is 35.5. The highest BCUT2D eigenvalue weighted by Crippen LogP contribution is 2.25. The maximum atomic E-state index is 11.5. The Balaban J connectivity index is 2.68. The number of hydrogen-bond acceptors (Lipinski definition) is 3. The number of carbonyl (C=O) groups excluding carboxylic acids is 1. The quantitative estimate of drug-likeness (QED) is 0.523. The lowest BCUT2D eigenvalue weighted by Gasteiger charge is -2.25. The number of anilines is 1. The van der Waals surface area contributed by atoms with Crippen molar-refractivity contribution in [3.8, 4) is 0 Å². The maximum Gasteiger partial charge on any atom is 0.307 e. The molecule has 0 aromatic heterocycles. The van der Waals surface area contributed by atoms with Crippen LogP contribution in [0.15, 0.2) is 18.2 Å². The standard InChI is InChI=1S/C16H22Cl2N2O2S/c1-3-5-9-20(10-8-15(21)22-4-2)16(23)19-14-7-6-12(17)11-13(14)18/h6-7,11H,3-5,8-10H2,1-2H3,(H,19,23). The second kappa shape index (κ2) is 10.7. The van der Waals surface area contributed by atoms with Crippen LogP contribution in [0.25, 0.3) is 0 Å². The number of nitrogens with one attached hydrogen (secondary N) is 1. The fourth-order valence-corrected chi connectivity index (χ4v) is 2.66. The number of carbonyl (C=O) groups is 1. The zero-order valence-corrected chi connectivity index (χ0v) is 15.7. The number of ether oxygens (including phenoxy) is 1. The summed E-state index contributed by atoms with van der Waals surface area (Å²) >= 11 is 17.5. The molecule has 128 valence electrons. The van der Waals surface area contributed by atoms with Crippen LogP contribution < -0.4 is 5.32 Å². The summed E-state index contributed by atoms with van der Waals surface area (Å²) in [6, 6.07) is 5.18. The highest BCUT2D eigenvalue weighted by Gasteiger charge is 2.13. The summed E-state index contributed by atoms with van der Waals surface area (Å²) in [6.45, 7) is 5.57. The summed E-state index contributed by atoms with van der Waals surface area (Å²) in [7, 11) is 0. The molecule has 0 fully saturated rings. The van der Waals surface area contributed by atoms with Crippen molar-refractivity contribution in [3.63, 3.8) is 0 Å². The molecule has 0 aliphatic carbocycles. The van der Waals surface area contributed by atoms with Crippen LogP contribution in [0, 0.1) is 0 Å². The topological polar surface area (TPSA) is 41.6 Å². The first-order valence-electron chi connectivity index (χ1n) is 7.64. The van der Waals surface area contributed by atoms with Crippen molar-refractivity contribution in [3.05, 3.63) is 28.2 Å². The number of thiocarbonyl (C=S) groups is 1. The Bertz CT molecular complexity index is 541. The molecular formula is C16H22Cl2N2O2S. The van der Waals surface area contributed by atoms with Gasteiger partial charge in [0.2, 0.25) is 0 Å². The number of unbranched alkanes of at least 4 members (excludes halogenated alkanes) is 1. The fraction of sp³-hybridized carbons (Fsp3) is 0.500. The Hall–Kier alpha value is -1.04. The summed E-state index contributed by atoms with van der Waals surface area (Å²) < 4.78 is 4.96. The lowest BCUT2D eigenvalue weighted by atomic mass is 10.3. The Morgan fingerprint density at radius 3 is 2.65 bits per heavy atom. The van der Waals surface area contributed by atoms with E-state index in [1.54, 1.807) is 25.1 Å². The first-order valence-corrected chi connectivity index (χ1v) is 8.81. The van der Waals surface area contributed by atoms with E-state index in [2.05, 4.69) is 12.2 Å². The average molecular weight is 377 g/mol. The summed E-state index contributed by atoms with van der Waals surface area (Å²) in [5.41, 5.74) is 0.693. The SMILES string of the molecule is CCCCN(CCC(=O)OCC)C(=S)Nc1ccc(Cl)cc1Cl. The summed E-state index contributed by atoms with van der Waals surface area (Å²) in [5.74, 6) is -0.221. The van der Waals surface area contributed by atoms with Crippen molar-refractivity contribution in [2.24, 2.45) is 0 Å². The predicted octanol–water partition coefficient (Wildman–Crippen LogP) is 4.75. The molecule has 4 nitrogen and oxygen atoms in total. The third-order valence-corrected chi connectivity index (χ3v) is 4.04. The van der Waals surface area contributed by atoms with Gasteiger partial charge in [0.05, 0.1) is 23.7 Å². The van der Waals surface area contributed by atoms with Crippen LogP contribution in [0.1, 0.15) is 33.1 Å². The molecule has 0 spiro atoms. The molecule has 0 aliphatic heterocycles. The van der Waals surface area contributed by atoms with Crippen molar-refractivity contribution >= 4 is 52.2 Å². The molecule has 7 heteroatoms. The molecular weight excluding hydrogens is 355 g/mol. The van der Waals surface area contributed by atoms with Gasteiger partial charge in [-0.3, -0.25) is 4.79 Å². The van der Waals surface area contributed by atoms with Gasteiger partial charge in [-0.25, -0.2) is 0 Å². The molecule has 0 heterocycles. The minimum Gasteiger partial charge on any atom is -0.466 e. The molecule has 0 radical (unpaired) electrons. The Kier molecular flexibility index (Phi) is 9.29. The second-order valence-corrected chi connectivity index (χ2v) is 6.18. The third kappa shape index (κ3) is 7.38. The molecule has 23 heavy (non-hydrogen) atoms. The van der Waals surface area contributed by atoms with E-state index in [4.69, 9.17) is 40.2 Å². The zero-order valence-electron chi connectivity index (χ0n) is 13.4. The molecule has 0 saturated carbocycles. The van der Waals surface area contributed by atoms with Crippen LogP contribution in [0.3, 0.4) is 0 Å². The lowest BCUT2D eigenvalue weighted by Crippen LogP contribution is -2.37. The number of nitrogens with zero attached hydrogens (tertiary/aromatic N) is 1. The van der Waals surface area contributed by atoms with Gasteiger partial charge in [-0.15, -0.1) is 0 Å². The Morgan fingerprint density at radius 1 is 1.30 bits per heavy atom. The van der Waals surface area contributed by atoms with Crippen LogP contribution in [0.5, 0.6) is 0 Å². The number of benzene rings is 1. The molecule has 0 aliphatic rings. The van der Waals surface area contributed by atoms with Gasteiger partial charge in [-0.05, 0) is 43.8 Å². The maximum absolute atomic E-state index is 11.5. The molecule has 1 N–H and O–H groups in total. The second-order valence-electron chi connectivity index (χ2n) is 4.95. The van der Waals surface area contributed by atoms with Crippen LogP contribution in [0.4, 0.5) is 5.69 Å². The van der Waals surface area contributed by atoms with Gasteiger partial charge in [0.25, 0.3) is 0 Å². The molecule has 1 aromatic rings. The van der Waals surface area contributed by atoms with Gasteiger partial charge in [-0.1, -0.05) is 36.5 Å². The Morgan fingerprint density at radius 2 is 2.04 bits per heavy atom. The van der Waals surface area contributed by atoms with Crippen LogP contribution >= 0.6 is 35.4 Å². The summed E-state index contributed by atoms with van der Waals surface area (Å²) in [4.78, 5) is 13.5. The Labute approximate surface area is 153 Å². The van der Waals surface area contributed by atoms with Crippen molar-refractivity contribution in [1.29, 1.82) is 0 Å². The monoisotopic (exact) mass is 376 g/mol.